The molecule has 1 N–H and O–H groups in total. The number of rotatable bonds is 7. The summed E-state index contributed by atoms with van der Waals surface area (Å²) in [4.78, 5) is 50.5. The summed E-state index contributed by atoms with van der Waals surface area (Å²) in [6, 6.07) is 15.3. The lowest BCUT2D eigenvalue weighted by atomic mass is 10.1. The first-order valence-electron chi connectivity index (χ1n) is 11.0. The molecule has 9 nitrogen and oxygen atoms in total. The fourth-order valence-corrected chi connectivity index (χ4v) is 3.56. The van der Waals surface area contributed by atoms with Crippen LogP contribution in [-0.2, 0) is 20.9 Å². The van der Waals surface area contributed by atoms with Crippen molar-refractivity contribution in [2.75, 3.05) is 19.1 Å². The fourth-order valence-electron chi connectivity index (χ4n) is 3.56. The van der Waals surface area contributed by atoms with Crippen LogP contribution >= 0.6 is 0 Å². The lowest BCUT2D eigenvalue weighted by Gasteiger charge is -2.26. The van der Waals surface area contributed by atoms with Gasteiger partial charge in [-0.05, 0) is 65.7 Å². The Bertz CT molecular complexity index is 1400. The molecule has 1 aliphatic heterocycles. The van der Waals surface area contributed by atoms with Gasteiger partial charge in [-0.15, -0.1) is 0 Å². The summed E-state index contributed by atoms with van der Waals surface area (Å²) in [6.07, 6.45) is 1.33. The molecule has 0 unspecified atom stereocenters. The molecule has 0 atom stereocenters. The number of carbonyl (C=O) groups is 4. The number of amides is 4. The number of benzene rings is 3. The molecule has 10 heteroatoms. The molecule has 1 aliphatic rings. The summed E-state index contributed by atoms with van der Waals surface area (Å²) >= 11 is 0. The molecule has 4 rings (SSSR count). The molecule has 188 valence electrons. The number of barbiturate groups is 1. The van der Waals surface area contributed by atoms with Crippen LogP contribution in [0.2, 0.25) is 0 Å². The van der Waals surface area contributed by atoms with Gasteiger partial charge in [0, 0.05) is 0 Å². The van der Waals surface area contributed by atoms with Gasteiger partial charge < -0.3 is 14.2 Å². The first-order chi connectivity index (χ1) is 17.8. The number of carbonyl (C=O) groups excluding carboxylic acids is 4. The number of halogens is 1. The van der Waals surface area contributed by atoms with Crippen LogP contribution in [0.25, 0.3) is 6.08 Å². The minimum atomic E-state index is -0.917. The highest BCUT2D eigenvalue weighted by molar-refractivity contribution is 6.39. The first-order valence-corrected chi connectivity index (χ1v) is 11.0. The van der Waals surface area contributed by atoms with Crippen LogP contribution < -0.4 is 19.7 Å². The van der Waals surface area contributed by atoms with Crippen LogP contribution in [0.5, 0.6) is 11.5 Å². The highest BCUT2D eigenvalue weighted by atomic mass is 19.1. The standard InChI is InChI=1S/C27H21FN2O7/c1-35-23-14-17(5-12-22(23)37-15-16-3-8-19(28)9-4-16)13-21-24(31)29-27(34)30(25(21)32)20-10-6-18(7-11-20)26(33)36-2/h3-14H,15H2,1-2H3,(H,29,31,34)/b21-13+. The average molecular weight is 504 g/mol. The molecule has 3 aromatic rings. The van der Waals surface area contributed by atoms with E-state index in [2.05, 4.69) is 10.1 Å². The van der Waals surface area contributed by atoms with Crippen molar-refractivity contribution in [3.8, 4) is 11.5 Å². The number of urea groups is 1. The molecule has 0 bridgehead atoms. The maximum Gasteiger partial charge on any atom is 0.337 e. The van der Waals surface area contributed by atoms with Crippen LogP contribution in [0.4, 0.5) is 14.9 Å². The predicted octanol–water partition coefficient (Wildman–Crippen LogP) is 3.87. The Hall–Kier alpha value is -4.99. The SMILES string of the molecule is COC(=O)c1ccc(N2C(=O)NC(=O)/C(=C\c3ccc(OCc4ccc(F)cc4)c(OC)c3)C2=O)cc1. The zero-order valence-electron chi connectivity index (χ0n) is 19.8. The summed E-state index contributed by atoms with van der Waals surface area (Å²) in [5, 5.41) is 2.14. The Morgan fingerprint density at radius 1 is 0.946 bits per heavy atom. The van der Waals surface area contributed by atoms with E-state index in [1.54, 1.807) is 30.3 Å². The van der Waals surface area contributed by atoms with E-state index >= 15 is 0 Å². The number of methoxy groups -OCH3 is 2. The maximum atomic E-state index is 13.1. The van der Waals surface area contributed by atoms with Gasteiger partial charge in [-0.1, -0.05) is 18.2 Å². The summed E-state index contributed by atoms with van der Waals surface area (Å²) in [5.74, 6) is -1.88. The van der Waals surface area contributed by atoms with Gasteiger partial charge in [0.05, 0.1) is 25.5 Å². The van der Waals surface area contributed by atoms with Gasteiger partial charge in [0.2, 0.25) is 0 Å². The molecule has 0 aliphatic carbocycles. The minimum absolute atomic E-state index is 0.163. The van der Waals surface area contributed by atoms with Crippen molar-refractivity contribution in [3.63, 3.8) is 0 Å². The largest absolute Gasteiger partial charge is 0.493 e. The molecular weight excluding hydrogens is 483 g/mol. The topological polar surface area (TPSA) is 111 Å². The van der Waals surface area contributed by atoms with Gasteiger partial charge in [0.1, 0.15) is 18.0 Å². The van der Waals surface area contributed by atoms with E-state index in [0.717, 1.165) is 10.5 Å². The maximum absolute atomic E-state index is 13.1. The van der Waals surface area contributed by atoms with Crippen LogP contribution in [0.15, 0.2) is 72.3 Å². The van der Waals surface area contributed by atoms with Crippen molar-refractivity contribution in [2.45, 2.75) is 6.61 Å². The highest BCUT2D eigenvalue weighted by Gasteiger charge is 2.36. The normalized spacial score (nSPS) is 14.4. The smallest absolute Gasteiger partial charge is 0.337 e. The van der Waals surface area contributed by atoms with Gasteiger partial charge in [-0.25, -0.2) is 18.9 Å². The second-order valence-electron chi connectivity index (χ2n) is 7.82. The van der Waals surface area contributed by atoms with Gasteiger partial charge >= 0.3 is 12.0 Å². The molecule has 3 aromatic carbocycles. The van der Waals surface area contributed by atoms with Crippen molar-refractivity contribution < 1.29 is 37.8 Å². The van der Waals surface area contributed by atoms with E-state index in [1.807, 2.05) is 0 Å². The molecule has 37 heavy (non-hydrogen) atoms. The number of nitrogens with one attached hydrogen (secondary N) is 1. The molecular formula is C27H21FN2O7. The number of anilines is 1. The second kappa shape index (κ2) is 10.7. The van der Waals surface area contributed by atoms with E-state index in [4.69, 9.17) is 9.47 Å². The molecule has 1 saturated heterocycles. The fraction of sp³-hybridized carbons (Fsp3) is 0.111. The highest BCUT2D eigenvalue weighted by Crippen LogP contribution is 2.30. The van der Waals surface area contributed by atoms with Gasteiger partial charge in [0.25, 0.3) is 11.8 Å². The van der Waals surface area contributed by atoms with E-state index < -0.39 is 23.8 Å². The van der Waals surface area contributed by atoms with Gasteiger partial charge in [-0.2, -0.15) is 0 Å². The molecule has 4 amide bonds. The molecule has 0 aromatic heterocycles. The quantitative estimate of drug-likeness (QED) is 0.295. The third-order valence-corrected chi connectivity index (χ3v) is 5.45. The van der Waals surface area contributed by atoms with Crippen LogP contribution in [-0.4, -0.2) is 38.0 Å². The zero-order chi connectivity index (χ0) is 26.5. The van der Waals surface area contributed by atoms with Crippen LogP contribution in [0, 0.1) is 5.82 Å². The van der Waals surface area contributed by atoms with Gasteiger partial charge in [-0.3, -0.25) is 14.9 Å². The number of ether oxygens (including phenoxy) is 3. The Morgan fingerprint density at radius 2 is 1.65 bits per heavy atom. The van der Waals surface area contributed by atoms with E-state index in [0.29, 0.717) is 17.1 Å². The number of hydrogen-bond donors (Lipinski definition) is 1. The molecule has 0 saturated carbocycles. The number of nitrogens with zero attached hydrogens (tertiary/aromatic N) is 1. The van der Waals surface area contributed by atoms with E-state index in [-0.39, 0.29) is 29.2 Å². The summed E-state index contributed by atoms with van der Waals surface area (Å²) in [6.45, 7) is 0.170. The van der Waals surface area contributed by atoms with E-state index in [9.17, 15) is 23.6 Å². The third-order valence-electron chi connectivity index (χ3n) is 5.45. The Balaban J connectivity index is 1.57. The van der Waals surface area contributed by atoms with Crippen molar-refractivity contribution in [1.29, 1.82) is 0 Å². The lowest BCUT2D eigenvalue weighted by Crippen LogP contribution is -2.54. The molecule has 1 heterocycles. The zero-order valence-corrected chi connectivity index (χ0v) is 19.8. The summed E-state index contributed by atoms with van der Waals surface area (Å²) in [5.41, 5.74) is 1.31. The van der Waals surface area contributed by atoms with Crippen LogP contribution in [0.1, 0.15) is 21.5 Å². The Labute approximate surface area is 211 Å². The monoisotopic (exact) mass is 504 g/mol. The van der Waals surface area contributed by atoms with Crippen molar-refractivity contribution in [1.82, 2.24) is 5.32 Å². The van der Waals surface area contributed by atoms with Crippen molar-refractivity contribution >= 4 is 35.6 Å². The molecule has 0 radical (unpaired) electrons. The molecule has 1 fully saturated rings. The number of esters is 1. The number of imide groups is 2. The number of hydrogen-bond acceptors (Lipinski definition) is 7. The van der Waals surface area contributed by atoms with Crippen molar-refractivity contribution in [3.05, 3.63) is 94.8 Å². The first kappa shape index (κ1) is 25.1. The van der Waals surface area contributed by atoms with Crippen molar-refractivity contribution in [2.24, 2.45) is 0 Å². The molecule has 0 spiro atoms. The van der Waals surface area contributed by atoms with Gasteiger partial charge in [0.15, 0.2) is 11.5 Å². The second-order valence-corrected chi connectivity index (χ2v) is 7.82. The summed E-state index contributed by atoms with van der Waals surface area (Å²) in [7, 11) is 2.67. The minimum Gasteiger partial charge on any atom is -0.493 e. The Morgan fingerprint density at radius 3 is 2.30 bits per heavy atom. The Kier molecular flexibility index (Phi) is 7.28. The van der Waals surface area contributed by atoms with E-state index in [1.165, 1.54) is 56.7 Å². The van der Waals surface area contributed by atoms with Crippen LogP contribution in [0.3, 0.4) is 0 Å². The average Bonchev–Trinajstić information content (AvgIpc) is 2.90. The lowest BCUT2D eigenvalue weighted by molar-refractivity contribution is -0.122. The third kappa shape index (κ3) is 5.48. The predicted molar refractivity (Wildman–Crippen MR) is 131 cm³/mol. The summed E-state index contributed by atoms with van der Waals surface area (Å²) < 4.78 is 28.9.